The second kappa shape index (κ2) is 8.86. The summed E-state index contributed by atoms with van der Waals surface area (Å²) >= 11 is 2.98. The summed E-state index contributed by atoms with van der Waals surface area (Å²) in [6.45, 7) is 7.26. The number of aromatic nitrogens is 2. The van der Waals surface area contributed by atoms with E-state index in [1.807, 2.05) is 6.07 Å². The van der Waals surface area contributed by atoms with Crippen molar-refractivity contribution < 1.29 is 4.79 Å². The molecule has 0 bridgehead atoms. The average molecular weight is 391 g/mol. The van der Waals surface area contributed by atoms with Crippen molar-refractivity contribution in [1.29, 1.82) is 0 Å². The molecular weight excluding hydrogens is 364 g/mol. The molecule has 1 aliphatic heterocycles. The van der Waals surface area contributed by atoms with Crippen LogP contribution in [0.2, 0.25) is 0 Å². The topological polar surface area (TPSA) is 58.1 Å². The summed E-state index contributed by atoms with van der Waals surface area (Å²) in [6, 6.07) is 6.65. The molecule has 1 aromatic heterocycles. The van der Waals surface area contributed by atoms with Gasteiger partial charge in [-0.05, 0) is 62.8 Å². The molecule has 3 rings (SSSR count). The van der Waals surface area contributed by atoms with Gasteiger partial charge in [0.05, 0.1) is 5.75 Å². The Morgan fingerprint density at radius 3 is 2.92 bits per heavy atom. The number of rotatable bonds is 6. The molecule has 1 unspecified atom stereocenters. The summed E-state index contributed by atoms with van der Waals surface area (Å²) < 4.78 is 0.828. The highest BCUT2D eigenvalue weighted by molar-refractivity contribution is 8.01. The quantitative estimate of drug-likeness (QED) is 0.719. The van der Waals surface area contributed by atoms with Gasteiger partial charge in [-0.25, -0.2) is 0 Å². The standard InChI is InChI=1S/C19H26N4OS2/c1-4-16-7-5-6-10-23(16)17(24)12-25-19-22-21-18(26-19)20-15-9-8-13(2)14(3)11-15/h8-9,11,16H,4-7,10,12H2,1-3H3,(H,20,21). The lowest BCUT2D eigenvalue weighted by molar-refractivity contribution is -0.132. The van der Waals surface area contributed by atoms with Gasteiger partial charge in [0.25, 0.3) is 0 Å². The van der Waals surface area contributed by atoms with Crippen LogP contribution >= 0.6 is 23.1 Å². The maximum Gasteiger partial charge on any atom is 0.233 e. The summed E-state index contributed by atoms with van der Waals surface area (Å²) in [5.41, 5.74) is 3.52. The fourth-order valence-electron chi connectivity index (χ4n) is 3.22. The zero-order chi connectivity index (χ0) is 18.5. The zero-order valence-electron chi connectivity index (χ0n) is 15.6. The number of aryl methyl sites for hydroxylation is 2. The molecule has 0 aliphatic carbocycles. The summed E-state index contributed by atoms with van der Waals surface area (Å²) in [7, 11) is 0. The smallest absolute Gasteiger partial charge is 0.233 e. The number of nitrogens with zero attached hydrogens (tertiary/aromatic N) is 3. The van der Waals surface area contributed by atoms with Gasteiger partial charge in [0, 0.05) is 18.3 Å². The Kier molecular flexibility index (Phi) is 6.53. The largest absolute Gasteiger partial charge is 0.339 e. The van der Waals surface area contributed by atoms with E-state index in [-0.39, 0.29) is 5.91 Å². The van der Waals surface area contributed by atoms with Crippen LogP contribution in [0.4, 0.5) is 10.8 Å². The molecule has 1 saturated heterocycles. The molecule has 140 valence electrons. The Bertz CT molecular complexity index is 762. The van der Waals surface area contributed by atoms with E-state index in [4.69, 9.17) is 0 Å². The summed E-state index contributed by atoms with van der Waals surface area (Å²) in [5, 5.41) is 12.5. The van der Waals surface area contributed by atoms with Gasteiger partial charge >= 0.3 is 0 Å². The lowest BCUT2D eigenvalue weighted by atomic mass is 10.0. The van der Waals surface area contributed by atoms with Crippen LogP contribution in [0.15, 0.2) is 22.5 Å². The third-order valence-corrected chi connectivity index (χ3v) is 6.86. The van der Waals surface area contributed by atoms with Crippen LogP contribution in [0.5, 0.6) is 0 Å². The van der Waals surface area contributed by atoms with E-state index in [9.17, 15) is 4.79 Å². The van der Waals surface area contributed by atoms with E-state index >= 15 is 0 Å². The highest BCUT2D eigenvalue weighted by Gasteiger charge is 2.25. The first-order valence-electron chi connectivity index (χ1n) is 9.17. The van der Waals surface area contributed by atoms with Crippen molar-refractivity contribution in [2.45, 2.75) is 56.8 Å². The first-order valence-corrected chi connectivity index (χ1v) is 11.0. The molecule has 1 aliphatic rings. The van der Waals surface area contributed by atoms with E-state index in [0.717, 1.165) is 41.0 Å². The number of benzene rings is 1. The predicted octanol–water partition coefficient (Wildman–Crippen LogP) is 4.78. The number of likely N-dealkylation sites (tertiary alicyclic amines) is 1. The number of carbonyl (C=O) groups is 1. The minimum absolute atomic E-state index is 0.223. The molecule has 7 heteroatoms. The molecule has 1 aromatic carbocycles. The number of amides is 1. The van der Waals surface area contributed by atoms with Gasteiger partial charge in [-0.15, -0.1) is 10.2 Å². The number of piperidine rings is 1. The second-order valence-corrected chi connectivity index (χ2v) is 8.93. The maximum atomic E-state index is 12.6. The normalized spacial score (nSPS) is 17.3. The molecule has 0 spiro atoms. The zero-order valence-corrected chi connectivity index (χ0v) is 17.3. The van der Waals surface area contributed by atoms with Crippen LogP contribution < -0.4 is 5.32 Å². The van der Waals surface area contributed by atoms with E-state index in [0.29, 0.717) is 11.8 Å². The lowest BCUT2D eigenvalue weighted by Crippen LogP contribution is -2.44. The third kappa shape index (κ3) is 4.76. The molecule has 2 aromatic rings. The molecule has 26 heavy (non-hydrogen) atoms. The van der Waals surface area contributed by atoms with E-state index in [2.05, 4.69) is 53.3 Å². The fourth-order valence-corrected chi connectivity index (χ4v) is 4.88. The Morgan fingerprint density at radius 1 is 1.31 bits per heavy atom. The highest BCUT2D eigenvalue weighted by Crippen LogP contribution is 2.29. The second-order valence-electron chi connectivity index (χ2n) is 6.73. The predicted molar refractivity (Wildman–Crippen MR) is 109 cm³/mol. The number of anilines is 2. The number of carbonyl (C=O) groups excluding carboxylic acids is 1. The number of thioether (sulfide) groups is 1. The van der Waals surface area contributed by atoms with Crippen LogP contribution in [0.25, 0.3) is 0 Å². The molecule has 0 saturated carbocycles. The van der Waals surface area contributed by atoms with Crippen molar-refractivity contribution in [3.8, 4) is 0 Å². The highest BCUT2D eigenvalue weighted by atomic mass is 32.2. The van der Waals surface area contributed by atoms with Gasteiger partial charge in [-0.2, -0.15) is 0 Å². The number of hydrogen-bond donors (Lipinski definition) is 1. The number of hydrogen-bond acceptors (Lipinski definition) is 6. The van der Waals surface area contributed by atoms with Gasteiger partial charge in [-0.1, -0.05) is 36.1 Å². The van der Waals surface area contributed by atoms with Crippen LogP contribution in [0, 0.1) is 13.8 Å². The number of nitrogens with one attached hydrogen (secondary N) is 1. The molecule has 1 amide bonds. The molecule has 1 N–H and O–H groups in total. The van der Waals surface area contributed by atoms with Gasteiger partial charge in [-0.3, -0.25) is 4.79 Å². The van der Waals surface area contributed by atoms with E-state index in [1.54, 1.807) is 0 Å². The van der Waals surface area contributed by atoms with Crippen molar-refractivity contribution in [2.75, 3.05) is 17.6 Å². The summed E-state index contributed by atoms with van der Waals surface area (Å²) in [4.78, 5) is 14.6. The van der Waals surface area contributed by atoms with Crippen LogP contribution in [-0.2, 0) is 4.79 Å². The SMILES string of the molecule is CCC1CCCCN1C(=O)CSc1nnc(Nc2ccc(C)c(C)c2)s1. The average Bonchev–Trinajstić information content (AvgIpc) is 3.10. The van der Waals surface area contributed by atoms with E-state index < -0.39 is 0 Å². The maximum absolute atomic E-state index is 12.6. The van der Waals surface area contributed by atoms with Gasteiger partial charge in [0.1, 0.15) is 0 Å². The molecule has 5 nitrogen and oxygen atoms in total. The van der Waals surface area contributed by atoms with Crippen molar-refractivity contribution in [3.05, 3.63) is 29.3 Å². The van der Waals surface area contributed by atoms with Crippen molar-refractivity contribution >= 4 is 39.8 Å². The first kappa shape index (κ1) is 19.2. The van der Waals surface area contributed by atoms with Crippen LogP contribution in [-0.4, -0.2) is 39.3 Å². The Labute approximate surface area is 163 Å². The van der Waals surface area contributed by atoms with Crippen molar-refractivity contribution in [1.82, 2.24) is 15.1 Å². The van der Waals surface area contributed by atoms with Gasteiger partial charge in [0.2, 0.25) is 11.0 Å². The van der Waals surface area contributed by atoms with Crippen LogP contribution in [0.1, 0.15) is 43.7 Å². The Morgan fingerprint density at radius 2 is 2.15 bits per heavy atom. The third-order valence-electron chi connectivity index (χ3n) is 4.90. The summed E-state index contributed by atoms with van der Waals surface area (Å²) in [5.74, 6) is 0.662. The Balaban J connectivity index is 1.54. The van der Waals surface area contributed by atoms with Gasteiger partial charge in [0.15, 0.2) is 4.34 Å². The summed E-state index contributed by atoms with van der Waals surface area (Å²) in [6.07, 6.45) is 4.53. The van der Waals surface area contributed by atoms with Gasteiger partial charge < -0.3 is 10.2 Å². The lowest BCUT2D eigenvalue weighted by Gasteiger charge is -2.35. The van der Waals surface area contributed by atoms with Crippen molar-refractivity contribution in [2.24, 2.45) is 0 Å². The molecular formula is C19H26N4OS2. The minimum atomic E-state index is 0.223. The monoisotopic (exact) mass is 390 g/mol. The minimum Gasteiger partial charge on any atom is -0.339 e. The van der Waals surface area contributed by atoms with E-state index in [1.165, 1.54) is 40.6 Å². The molecule has 2 heterocycles. The molecule has 1 fully saturated rings. The Hall–Kier alpha value is -1.60. The van der Waals surface area contributed by atoms with Crippen LogP contribution in [0.3, 0.4) is 0 Å². The van der Waals surface area contributed by atoms with Crippen molar-refractivity contribution in [3.63, 3.8) is 0 Å². The molecule has 1 atom stereocenters. The molecule has 0 radical (unpaired) electrons. The fraction of sp³-hybridized carbons (Fsp3) is 0.526. The first-order chi connectivity index (χ1) is 12.6.